The van der Waals surface area contributed by atoms with E-state index in [4.69, 9.17) is 21.1 Å². The summed E-state index contributed by atoms with van der Waals surface area (Å²) in [5.41, 5.74) is 0. The molecule has 1 aliphatic rings. The predicted molar refractivity (Wildman–Crippen MR) is 55.9 cm³/mol. The van der Waals surface area contributed by atoms with Crippen LogP contribution in [0, 0.1) is 0 Å². The Bertz CT molecular complexity index is 278. The van der Waals surface area contributed by atoms with Gasteiger partial charge >= 0.3 is 0 Å². The molecule has 0 saturated carbocycles. The molecule has 0 spiro atoms. The molecule has 1 aromatic rings. The molecule has 1 heterocycles. The summed E-state index contributed by atoms with van der Waals surface area (Å²) in [7, 11) is 0. The number of halogens is 1. The van der Waals surface area contributed by atoms with Crippen molar-refractivity contribution in [2.45, 2.75) is 18.9 Å². The normalized spacial score (nSPS) is 18.1. The summed E-state index contributed by atoms with van der Waals surface area (Å²) in [6.07, 6.45) is 2.25. The Morgan fingerprint density at radius 2 is 1.79 bits per heavy atom. The van der Waals surface area contributed by atoms with E-state index in [2.05, 4.69) is 0 Å². The van der Waals surface area contributed by atoms with Crippen molar-refractivity contribution in [1.29, 1.82) is 0 Å². The molecule has 76 valence electrons. The number of hydrogen-bond acceptors (Lipinski definition) is 2. The van der Waals surface area contributed by atoms with E-state index in [1.54, 1.807) is 0 Å². The van der Waals surface area contributed by atoms with Gasteiger partial charge in [-0.3, -0.25) is 0 Å². The summed E-state index contributed by atoms with van der Waals surface area (Å²) < 4.78 is 11.0. The minimum Gasteiger partial charge on any atom is -0.490 e. The second kappa shape index (κ2) is 4.67. The van der Waals surface area contributed by atoms with Gasteiger partial charge in [0.2, 0.25) is 0 Å². The molecule has 1 aliphatic heterocycles. The first kappa shape index (κ1) is 9.81. The second-order valence-electron chi connectivity index (χ2n) is 3.38. The van der Waals surface area contributed by atoms with Gasteiger partial charge in [0.05, 0.1) is 13.2 Å². The van der Waals surface area contributed by atoms with E-state index in [9.17, 15) is 0 Å². The summed E-state index contributed by atoms with van der Waals surface area (Å²) in [5.74, 6) is 0.890. The maximum atomic E-state index is 5.78. The molecule has 1 aromatic carbocycles. The number of benzene rings is 1. The lowest BCUT2D eigenvalue weighted by Crippen LogP contribution is -2.25. The van der Waals surface area contributed by atoms with Crippen molar-refractivity contribution in [3.05, 3.63) is 29.3 Å². The Morgan fingerprint density at radius 1 is 1.14 bits per heavy atom. The topological polar surface area (TPSA) is 18.5 Å². The van der Waals surface area contributed by atoms with Crippen LogP contribution in [0.4, 0.5) is 0 Å². The lowest BCUT2D eigenvalue weighted by molar-refractivity contribution is 0.0256. The van der Waals surface area contributed by atoms with Crippen LogP contribution >= 0.6 is 11.6 Å². The quantitative estimate of drug-likeness (QED) is 0.751. The Balaban J connectivity index is 1.92. The molecule has 0 N–H and O–H groups in total. The summed E-state index contributed by atoms with van der Waals surface area (Å²) in [6.45, 7) is 1.61. The van der Waals surface area contributed by atoms with Crippen LogP contribution < -0.4 is 4.74 Å². The maximum absolute atomic E-state index is 5.78. The predicted octanol–water partition coefficient (Wildman–Crippen LogP) is 2.90. The number of rotatable bonds is 2. The van der Waals surface area contributed by atoms with Gasteiger partial charge in [-0.05, 0) is 24.3 Å². The van der Waals surface area contributed by atoms with Crippen LogP contribution in [-0.4, -0.2) is 19.3 Å². The Kier molecular flexibility index (Phi) is 3.27. The van der Waals surface area contributed by atoms with Crippen molar-refractivity contribution in [2.24, 2.45) is 0 Å². The van der Waals surface area contributed by atoms with Gasteiger partial charge in [0.25, 0.3) is 0 Å². The number of hydrogen-bond donors (Lipinski definition) is 0. The van der Waals surface area contributed by atoms with Gasteiger partial charge in [-0.15, -0.1) is 0 Å². The molecular formula is C11H13ClO2. The maximum Gasteiger partial charge on any atom is 0.119 e. The average Bonchev–Trinajstić information content (AvgIpc) is 2.23. The van der Waals surface area contributed by atoms with Crippen molar-refractivity contribution in [3.8, 4) is 5.75 Å². The molecule has 0 aromatic heterocycles. The zero-order valence-corrected chi connectivity index (χ0v) is 8.67. The van der Waals surface area contributed by atoms with E-state index in [-0.39, 0.29) is 0 Å². The van der Waals surface area contributed by atoms with Gasteiger partial charge < -0.3 is 9.47 Å². The zero-order chi connectivity index (χ0) is 9.80. The fourth-order valence-corrected chi connectivity index (χ4v) is 1.63. The molecule has 14 heavy (non-hydrogen) atoms. The fraction of sp³-hybridized carbons (Fsp3) is 0.455. The van der Waals surface area contributed by atoms with Gasteiger partial charge in [-0.25, -0.2) is 0 Å². The lowest BCUT2D eigenvalue weighted by atomic mass is 10.1. The van der Waals surface area contributed by atoms with Gasteiger partial charge in [-0.2, -0.15) is 0 Å². The van der Waals surface area contributed by atoms with E-state index in [1.807, 2.05) is 24.3 Å². The van der Waals surface area contributed by atoms with Gasteiger partial charge in [-0.1, -0.05) is 11.6 Å². The first-order chi connectivity index (χ1) is 6.84. The first-order valence-corrected chi connectivity index (χ1v) is 5.22. The second-order valence-corrected chi connectivity index (χ2v) is 3.82. The fourth-order valence-electron chi connectivity index (χ4n) is 1.50. The van der Waals surface area contributed by atoms with Crippen molar-refractivity contribution < 1.29 is 9.47 Å². The van der Waals surface area contributed by atoms with Crippen molar-refractivity contribution >= 4 is 11.6 Å². The van der Waals surface area contributed by atoms with Crippen LogP contribution in [0.2, 0.25) is 5.02 Å². The van der Waals surface area contributed by atoms with Crippen molar-refractivity contribution in [3.63, 3.8) is 0 Å². The third-order valence-corrected chi connectivity index (χ3v) is 2.54. The van der Waals surface area contributed by atoms with Crippen LogP contribution in [0.1, 0.15) is 12.8 Å². The van der Waals surface area contributed by atoms with Gasteiger partial charge in [0.15, 0.2) is 0 Å². The Morgan fingerprint density at radius 3 is 2.43 bits per heavy atom. The van der Waals surface area contributed by atoms with Crippen LogP contribution in [0.5, 0.6) is 5.75 Å². The van der Waals surface area contributed by atoms with E-state index in [1.165, 1.54) is 0 Å². The standard InChI is InChI=1S/C11H13ClO2/c12-9-1-3-10(4-2-9)14-11-5-7-13-8-6-11/h1-4,11H,5-8H2. The monoisotopic (exact) mass is 212 g/mol. The summed E-state index contributed by atoms with van der Waals surface area (Å²) in [4.78, 5) is 0. The minimum atomic E-state index is 0.296. The lowest BCUT2D eigenvalue weighted by Gasteiger charge is -2.23. The summed E-state index contributed by atoms with van der Waals surface area (Å²) >= 11 is 5.78. The van der Waals surface area contributed by atoms with E-state index < -0.39 is 0 Å². The highest BCUT2D eigenvalue weighted by molar-refractivity contribution is 6.30. The zero-order valence-electron chi connectivity index (χ0n) is 7.91. The molecule has 2 nitrogen and oxygen atoms in total. The highest BCUT2D eigenvalue weighted by Crippen LogP contribution is 2.19. The Hall–Kier alpha value is -0.730. The smallest absolute Gasteiger partial charge is 0.119 e. The molecule has 0 aliphatic carbocycles. The van der Waals surface area contributed by atoms with Crippen LogP contribution in [0.15, 0.2) is 24.3 Å². The molecule has 0 atom stereocenters. The third kappa shape index (κ3) is 2.63. The highest BCUT2D eigenvalue weighted by Gasteiger charge is 2.14. The van der Waals surface area contributed by atoms with Gasteiger partial charge in [0.1, 0.15) is 11.9 Å². The largest absolute Gasteiger partial charge is 0.490 e. The SMILES string of the molecule is Clc1ccc(OC2CCOCC2)cc1. The van der Waals surface area contributed by atoms with E-state index >= 15 is 0 Å². The first-order valence-electron chi connectivity index (χ1n) is 4.84. The molecule has 0 bridgehead atoms. The minimum absolute atomic E-state index is 0.296. The van der Waals surface area contributed by atoms with E-state index in [0.717, 1.165) is 36.8 Å². The summed E-state index contributed by atoms with van der Waals surface area (Å²) in [5, 5.41) is 0.740. The molecule has 1 saturated heterocycles. The summed E-state index contributed by atoms with van der Waals surface area (Å²) in [6, 6.07) is 7.49. The van der Waals surface area contributed by atoms with Crippen molar-refractivity contribution in [2.75, 3.05) is 13.2 Å². The highest BCUT2D eigenvalue weighted by atomic mass is 35.5. The van der Waals surface area contributed by atoms with Gasteiger partial charge in [0, 0.05) is 17.9 Å². The third-order valence-electron chi connectivity index (χ3n) is 2.28. The van der Waals surface area contributed by atoms with E-state index in [0.29, 0.717) is 6.10 Å². The van der Waals surface area contributed by atoms with Crippen molar-refractivity contribution in [1.82, 2.24) is 0 Å². The molecule has 3 heteroatoms. The Labute approximate surface area is 88.8 Å². The van der Waals surface area contributed by atoms with Crippen LogP contribution in [-0.2, 0) is 4.74 Å². The molecule has 0 amide bonds. The molecule has 2 rings (SSSR count). The van der Waals surface area contributed by atoms with Crippen LogP contribution in [0.25, 0.3) is 0 Å². The average molecular weight is 213 g/mol. The molecular weight excluding hydrogens is 200 g/mol. The molecule has 0 radical (unpaired) electrons. The van der Waals surface area contributed by atoms with Crippen LogP contribution in [0.3, 0.4) is 0 Å². The molecule has 0 unspecified atom stereocenters. The number of ether oxygens (including phenoxy) is 2. The molecule has 1 fully saturated rings.